The summed E-state index contributed by atoms with van der Waals surface area (Å²) < 4.78 is 31.4. The van der Waals surface area contributed by atoms with Gasteiger partial charge in [0.05, 0.1) is 17.0 Å². The maximum Gasteiger partial charge on any atom is 0.229 e. The molecule has 0 saturated carbocycles. The van der Waals surface area contributed by atoms with Gasteiger partial charge in [-0.15, -0.1) is 0 Å². The summed E-state index contributed by atoms with van der Waals surface area (Å²) in [4.78, 5) is 11.9. The predicted molar refractivity (Wildman–Crippen MR) is 94.1 cm³/mol. The number of fused-ring (bicyclic) bond motifs is 1. The summed E-state index contributed by atoms with van der Waals surface area (Å²) in [5, 5.41) is 0.727. The molecule has 0 aromatic heterocycles. The number of rotatable bonds is 4. The highest BCUT2D eigenvalue weighted by Gasteiger charge is 2.23. The minimum absolute atomic E-state index is 0.00274. The van der Waals surface area contributed by atoms with E-state index in [-0.39, 0.29) is 22.2 Å². The van der Waals surface area contributed by atoms with Crippen molar-refractivity contribution in [3.8, 4) is 11.5 Å². The van der Waals surface area contributed by atoms with Gasteiger partial charge in [-0.25, -0.2) is 8.42 Å². The highest BCUT2D eigenvalue weighted by Crippen LogP contribution is 2.39. The third kappa shape index (κ3) is 3.66. The minimum atomic E-state index is -3.51. The molecular weight excluding hydrogens is 373 g/mol. The van der Waals surface area contributed by atoms with Crippen molar-refractivity contribution < 1.29 is 17.9 Å². The van der Waals surface area contributed by atoms with Gasteiger partial charge in [0.25, 0.3) is 0 Å². The molecule has 0 bridgehead atoms. The summed E-state index contributed by atoms with van der Waals surface area (Å²) in [5.41, 5.74) is 1.59. The van der Waals surface area contributed by atoms with E-state index in [4.69, 9.17) is 27.9 Å². The summed E-state index contributed by atoms with van der Waals surface area (Å²) in [7, 11) is -3.51. The Balaban J connectivity index is 2.07. The monoisotopic (exact) mass is 385 g/mol. The number of anilines is 1. The number of hydrogen-bond acceptors (Lipinski definition) is 4. The number of nitrogens with one attached hydrogen (secondary N) is 1. The molecule has 0 saturated heterocycles. The highest BCUT2D eigenvalue weighted by atomic mass is 35.5. The first-order valence-corrected chi connectivity index (χ1v) is 9.68. The predicted octanol–water partition coefficient (Wildman–Crippen LogP) is 4.29. The van der Waals surface area contributed by atoms with Gasteiger partial charge in [-0.2, -0.15) is 0 Å². The molecule has 3 rings (SSSR count). The second-order valence-electron chi connectivity index (χ2n) is 5.48. The van der Waals surface area contributed by atoms with Crippen LogP contribution in [0.4, 0.5) is 5.69 Å². The lowest BCUT2D eigenvalue weighted by molar-refractivity contribution is 0.0994. The molecule has 1 aliphatic rings. The van der Waals surface area contributed by atoms with Crippen LogP contribution in [0.15, 0.2) is 30.3 Å². The Hall–Kier alpha value is -1.76. The van der Waals surface area contributed by atoms with Crippen LogP contribution in [0.3, 0.4) is 0 Å². The molecule has 126 valence electrons. The Labute approximate surface area is 149 Å². The number of ketones is 1. The van der Waals surface area contributed by atoms with Gasteiger partial charge in [-0.1, -0.05) is 23.2 Å². The molecule has 0 unspecified atom stereocenters. The van der Waals surface area contributed by atoms with E-state index >= 15 is 0 Å². The van der Waals surface area contributed by atoms with Crippen molar-refractivity contribution in [1.29, 1.82) is 0 Å². The van der Waals surface area contributed by atoms with E-state index in [2.05, 4.69) is 4.72 Å². The summed E-state index contributed by atoms with van der Waals surface area (Å²) in [6.45, 7) is 0. The molecule has 0 spiro atoms. The Kier molecular flexibility index (Phi) is 4.46. The molecule has 0 atom stereocenters. The second kappa shape index (κ2) is 6.27. The highest BCUT2D eigenvalue weighted by molar-refractivity contribution is 7.92. The van der Waals surface area contributed by atoms with Crippen molar-refractivity contribution in [3.05, 3.63) is 51.5 Å². The fourth-order valence-corrected chi connectivity index (χ4v) is 3.52. The van der Waals surface area contributed by atoms with Crippen LogP contribution in [0.2, 0.25) is 10.0 Å². The molecular formula is C16H13Cl2NO4S. The molecule has 1 aliphatic carbocycles. The molecule has 0 aliphatic heterocycles. The average molecular weight is 386 g/mol. The lowest BCUT2D eigenvalue weighted by atomic mass is 10.1. The quantitative estimate of drug-likeness (QED) is 0.851. The number of carbonyl (C=O) groups excluding carboxylic acids is 1. The van der Waals surface area contributed by atoms with Crippen molar-refractivity contribution in [1.82, 2.24) is 0 Å². The lowest BCUT2D eigenvalue weighted by Crippen LogP contribution is -2.11. The first kappa shape index (κ1) is 17.1. The fourth-order valence-electron chi connectivity index (χ4n) is 2.51. The van der Waals surface area contributed by atoms with E-state index in [9.17, 15) is 13.2 Å². The van der Waals surface area contributed by atoms with Crippen molar-refractivity contribution in [2.75, 3.05) is 11.0 Å². The van der Waals surface area contributed by atoms with Crippen molar-refractivity contribution in [2.24, 2.45) is 0 Å². The molecule has 5 nitrogen and oxygen atoms in total. The first-order chi connectivity index (χ1) is 11.2. The zero-order valence-corrected chi connectivity index (χ0v) is 14.9. The Morgan fingerprint density at radius 1 is 1.08 bits per heavy atom. The number of aryl methyl sites for hydroxylation is 1. The van der Waals surface area contributed by atoms with E-state index in [0.29, 0.717) is 29.2 Å². The summed E-state index contributed by atoms with van der Waals surface area (Å²) in [6, 6.07) is 7.86. The first-order valence-electron chi connectivity index (χ1n) is 7.04. The van der Waals surface area contributed by atoms with Gasteiger partial charge in [0, 0.05) is 17.0 Å². The average Bonchev–Trinajstić information content (AvgIpc) is 2.81. The van der Waals surface area contributed by atoms with Gasteiger partial charge in [0.1, 0.15) is 5.75 Å². The Morgan fingerprint density at radius 2 is 1.83 bits per heavy atom. The molecule has 24 heavy (non-hydrogen) atoms. The second-order valence-corrected chi connectivity index (χ2v) is 8.07. The number of sulfonamides is 1. The van der Waals surface area contributed by atoms with Crippen LogP contribution in [0, 0.1) is 0 Å². The number of ether oxygens (including phenoxy) is 1. The van der Waals surface area contributed by atoms with E-state index < -0.39 is 10.0 Å². The van der Waals surface area contributed by atoms with Gasteiger partial charge < -0.3 is 4.74 Å². The molecule has 0 fully saturated rings. The van der Waals surface area contributed by atoms with Crippen molar-refractivity contribution >= 4 is 44.7 Å². The van der Waals surface area contributed by atoms with Gasteiger partial charge in [0.15, 0.2) is 11.5 Å². The summed E-state index contributed by atoms with van der Waals surface area (Å²) >= 11 is 12.0. The van der Waals surface area contributed by atoms with Crippen LogP contribution in [0.5, 0.6) is 11.5 Å². The van der Waals surface area contributed by atoms with Crippen LogP contribution < -0.4 is 9.46 Å². The van der Waals surface area contributed by atoms with Gasteiger partial charge in [-0.3, -0.25) is 9.52 Å². The maximum absolute atomic E-state index is 11.9. The third-order valence-corrected chi connectivity index (χ3v) is 4.66. The van der Waals surface area contributed by atoms with Crippen LogP contribution in [-0.4, -0.2) is 20.5 Å². The van der Waals surface area contributed by atoms with Crippen LogP contribution in [0.25, 0.3) is 0 Å². The van der Waals surface area contributed by atoms with E-state index in [1.807, 2.05) is 0 Å². The minimum Gasteiger partial charge on any atom is -0.454 e. The largest absolute Gasteiger partial charge is 0.454 e. The zero-order valence-electron chi connectivity index (χ0n) is 12.6. The van der Waals surface area contributed by atoms with Crippen LogP contribution in [0.1, 0.15) is 22.3 Å². The third-order valence-electron chi connectivity index (χ3n) is 3.54. The number of Topliss-reactive ketones (excluding diaryl/α,β-unsaturated/α-hetero) is 1. The smallest absolute Gasteiger partial charge is 0.229 e. The molecule has 1 N–H and O–H groups in total. The van der Waals surface area contributed by atoms with Crippen LogP contribution in [-0.2, 0) is 16.4 Å². The molecule has 2 aromatic rings. The lowest BCUT2D eigenvalue weighted by Gasteiger charge is -2.15. The summed E-state index contributed by atoms with van der Waals surface area (Å²) in [5.74, 6) is 0.518. The molecule has 0 radical (unpaired) electrons. The maximum atomic E-state index is 11.9. The number of halogens is 2. The fraction of sp³-hybridized carbons (Fsp3) is 0.188. The van der Waals surface area contributed by atoms with Gasteiger partial charge >= 0.3 is 0 Å². The zero-order chi connectivity index (χ0) is 17.5. The topological polar surface area (TPSA) is 72.5 Å². The number of hydrogen-bond donors (Lipinski definition) is 1. The van der Waals surface area contributed by atoms with Crippen molar-refractivity contribution in [3.63, 3.8) is 0 Å². The molecule has 0 heterocycles. The number of benzene rings is 2. The normalized spacial score (nSPS) is 13.7. The van der Waals surface area contributed by atoms with Crippen LogP contribution >= 0.6 is 23.2 Å². The van der Waals surface area contributed by atoms with Gasteiger partial charge in [-0.05, 0) is 42.3 Å². The van der Waals surface area contributed by atoms with E-state index in [0.717, 1.165) is 11.8 Å². The van der Waals surface area contributed by atoms with Crippen molar-refractivity contribution in [2.45, 2.75) is 12.8 Å². The molecule has 8 heteroatoms. The number of carbonyl (C=O) groups is 1. The molecule has 0 amide bonds. The Bertz CT molecular complexity index is 941. The standard InChI is InChI=1S/C16H13Cl2NO4S/c1-24(21,22)19-13-6-9-2-4-14(20)11(9)8-16(13)23-15-5-3-10(17)7-12(15)18/h3,5-8,19H,2,4H2,1H3. The SMILES string of the molecule is CS(=O)(=O)Nc1cc2c(cc1Oc1ccc(Cl)cc1Cl)C(=O)CC2. The summed E-state index contributed by atoms with van der Waals surface area (Å²) in [6.07, 6.45) is 2.03. The van der Waals surface area contributed by atoms with E-state index in [1.165, 1.54) is 6.07 Å². The van der Waals surface area contributed by atoms with E-state index in [1.54, 1.807) is 24.3 Å². The van der Waals surface area contributed by atoms with Gasteiger partial charge in [0.2, 0.25) is 10.0 Å². The Morgan fingerprint density at radius 3 is 2.50 bits per heavy atom. The molecule has 2 aromatic carbocycles.